The molecule has 1 fully saturated rings. The van der Waals surface area contributed by atoms with E-state index in [1.54, 1.807) is 6.07 Å². The molecule has 1 aliphatic heterocycles. The first kappa shape index (κ1) is 23.7. The first-order chi connectivity index (χ1) is 15.2. The summed E-state index contributed by atoms with van der Waals surface area (Å²) in [5, 5.41) is 5.07. The molecule has 32 heavy (non-hydrogen) atoms. The number of ketones is 1. The number of carbonyl (C=O) groups excluding carboxylic acids is 3. The summed E-state index contributed by atoms with van der Waals surface area (Å²) in [4.78, 5) is 44.4. The predicted octanol–water partition coefficient (Wildman–Crippen LogP) is 3.98. The van der Waals surface area contributed by atoms with Gasteiger partial charge in [0.15, 0.2) is 5.78 Å². The number of benzene rings is 1. The van der Waals surface area contributed by atoms with Gasteiger partial charge in [-0.3, -0.25) is 4.79 Å². The van der Waals surface area contributed by atoms with Gasteiger partial charge in [0, 0.05) is 17.9 Å². The van der Waals surface area contributed by atoms with Crippen LogP contribution in [0.25, 0.3) is 10.6 Å². The second kappa shape index (κ2) is 10.1. The van der Waals surface area contributed by atoms with Crippen LogP contribution >= 0.6 is 11.3 Å². The number of rotatable bonds is 5. The molecule has 2 aromatic rings. The smallest absolute Gasteiger partial charge is 0.447 e. The normalized spacial score (nSPS) is 14.6. The standard InChI is InChI=1S/C20H20F3N3O5S/c1-12(27)15-11-32-17(25-15)14-4-2-3-5-16(14)26(31-18(28)20(21,22)23)19(29)30-10-13-6-8-24-9-7-13/h2-5,11,13,24H,6-10H2,1H3. The van der Waals surface area contributed by atoms with E-state index in [4.69, 9.17) is 4.74 Å². The number of piperidine rings is 1. The van der Waals surface area contributed by atoms with Crippen LogP contribution < -0.4 is 10.4 Å². The molecule has 0 saturated carbocycles. The number of aromatic nitrogens is 1. The molecule has 2 heterocycles. The molecule has 0 spiro atoms. The number of halogens is 3. The Balaban J connectivity index is 1.91. The van der Waals surface area contributed by atoms with Gasteiger partial charge in [0.1, 0.15) is 10.7 Å². The van der Waals surface area contributed by atoms with Crippen LogP contribution in [0.15, 0.2) is 29.6 Å². The maximum absolute atomic E-state index is 12.9. The highest BCUT2D eigenvalue weighted by atomic mass is 32.1. The van der Waals surface area contributed by atoms with Crippen molar-refractivity contribution >= 4 is 34.9 Å². The number of para-hydroxylation sites is 1. The molecule has 1 saturated heterocycles. The van der Waals surface area contributed by atoms with Crippen LogP contribution in [0.2, 0.25) is 0 Å². The van der Waals surface area contributed by atoms with E-state index in [0.29, 0.717) is 0 Å². The van der Waals surface area contributed by atoms with Crippen molar-refractivity contribution in [3.63, 3.8) is 0 Å². The summed E-state index contributed by atoms with van der Waals surface area (Å²) in [5.74, 6) is -2.84. The van der Waals surface area contributed by atoms with Crippen LogP contribution in [0.4, 0.5) is 23.7 Å². The highest BCUT2D eigenvalue weighted by molar-refractivity contribution is 7.13. The largest absolute Gasteiger partial charge is 0.493 e. The molecular weight excluding hydrogens is 451 g/mol. The Labute approximate surface area is 185 Å². The lowest BCUT2D eigenvalue weighted by Gasteiger charge is -2.25. The number of thiazole rings is 1. The number of Topliss-reactive ketones (excluding diaryl/α,β-unsaturated/α-hetero) is 1. The summed E-state index contributed by atoms with van der Waals surface area (Å²) in [5.41, 5.74) is 0.177. The Morgan fingerprint density at radius 1 is 1.22 bits per heavy atom. The van der Waals surface area contributed by atoms with Crippen molar-refractivity contribution in [1.29, 1.82) is 0 Å². The van der Waals surface area contributed by atoms with E-state index < -0.39 is 18.2 Å². The van der Waals surface area contributed by atoms with Crippen molar-refractivity contribution in [2.75, 3.05) is 24.8 Å². The lowest BCUT2D eigenvalue weighted by atomic mass is 9.99. The molecule has 3 rings (SSSR count). The average Bonchev–Trinajstić information content (AvgIpc) is 3.26. The molecular formula is C20H20F3N3O5S. The van der Waals surface area contributed by atoms with Gasteiger partial charge >= 0.3 is 18.2 Å². The zero-order valence-electron chi connectivity index (χ0n) is 17.0. The van der Waals surface area contributed by atoms with Crippen molar-refractivity contribution < 1.29 is 37.1 Å². The molecule has 172 valence electrons. The number of ether oxygens (including phenoxy) is 1. The quantitative estimate of drug-likeness (QED) is 0.520. The van der Waals surface area contributed by atoms with Gasteiger partial charge in [0.25, 0.3) is 0 Å². The van der Waals surface area contributed by atoms with Gasteiger partial charge in [0.05, 0.1) is 12.3 Å². The number of alkyl halides is 3. The van der Waals surface area contributed by atoms with E-state index in [9.17, 15) is 27.6 Å². The number of hydroxylamine groups is 1. The van der Waals surface area contributed by atoms with Gasteiger partial charge in [-0.2, -0.15) is 13.2 Å². The first-order valence-electron chi connectivity index (χ1n) is 9.69. The SMILES string of the molecule is CC(=O)c1csc(-c2ccccc2N(OC(=O)C(F)(F)F)C(=O)OCC2CCNCC2)n1. The van der Waals surface area contributed by atoms with Crippen molar-refractivity contribution in [2.45, 2.75) is 25.9 Å². The average molecular weight is 471 g/mol. The maximum Gasteiger partial charge on any atom is 0.493 e. The number of carbonyl (C=O) groups is 3. The van der Waals surface area contributed by atoms with Gasteiger partial charge in [-0.25, -0.2) is 14.6 Å². The number of hydrogen-bond acceptors (Lipinski definition) is 8. The van der Waals surface area contributed by atoms with Crippen molar-refractivity contribution in [1.82, 2.24) is 10.3 Å². The molecule has 0 aliphatic carbocycles. The van der Waals surface area contributed by atoms with Crippen LogP contribution in [-0.2, 0) is 14.4 Å². The fourth-order valence-electron chi connectivity index (χ4n) is 3.01. The third kappa shape index (κ3) is 5.82. The van der Waals surface area contributed by atoms with Gasteiger partial charge in [-0.1, -0.05) is 12.1 Å². The monoisotopic (exact) mass is 471 g/mol. The van der Waals surface area contributed by atoms with Gasteiger partial charge in [0.2, 0.25) is 0 Å². The summed E-state index contributed by atoms with van der Waals surface area (Å²) >= 11 is 1.05. The minimum Gasteiger partial charge on any atom is -0.447 e. The van der Waals surface area contributed by atoms with Gasteiger partial charge in [-0.15, -0.1) is 16.4 Å². The Kier molecular flexibility index (Phi) is 7.46. The maximum atomic E-state index is 12.9. The second-order valence-electron chi connectivity index (χ2n) is 7.05. The van der Waals surface area contributed by atoms with Crippen molar-refractivity contribution in [2.24, 2.45) is 5.92 Å². The molecule has 1 aromatic carbocycles. The van der Waals surface area contributed by atoms with E-state index in [1.807, 2.05) is 0 Å². The molecule has 1 aliphatic rings. The minimum atomic E-state index is -5.33. The van der Waals surface area contributed by atoms with E-state index in [0.717, 1.165) is 37.3 Å². The van der Waals surface area contributed by atoms with E-state index in [2.05, 4.69) is 15.1 Å². The van der Waals surface area contributed by atoms with Crippen LogP contribution in [-0.4, -0.2) is 48.7 Å². The topological polar surface area (TPSA) is 97.8 Å². The summed E-state index contributed by atoms with van der Waals surface area (Å²) in [6.07, 6.45) is -5.12. The highest BCUT2D eigenvalue weighted by Crippen LogP contribution is 2.34. The fourth-order valence-corrected chi connectivity index (χ4v) is 3.90. The number of anilines is 1. The summed E-state index contributed by atoms with van der Waals surface area (Å²) < 4.78 is 43.8. The number of nitrogens with one attached hydrogen (secondary N) is 1. The van der Waals surface area contributed by atoms with E-state index >= 15 is 0 Å². The Morgan fingerprint density at radius 3 is 2.53 bits per heavy atom. The third-order valence-electron chi connectivity index (χ3n) is 4.69. The molecule has 12 heteroatoms. The Morgan fingerprint density at radius 2 is 1.91 bits per heavy atom. The molecule has 1 amide bonds. The lowest BCUT2D eigenvalue weighted by molar-refractivity contribution is -0.200. The molecule has 0 unspecified atom stereocenters. The van der Waals surface area contributed by atoms with Crippen LogP contribution in [0.3, 0.4) is 0 Å². The van der Waals surface area contributed by atoms with E-state index in [-0.39, 0.29) is 45.3 Å². The summed E-state index contributed by atoms with van der Waals surface area (Å²) in [6.45, 7) is 2.76. The first-order valence-corrected chi connectivity index (χ1v) is 10.6. The number of hydrogen-bond donors (Lipinski definition) is 1. The van der Waals surface area contributed by atoms with Crippen molar-refractivity contribution in [3.8, 4) is 10.6 Å². The summed E-state index contributed by atoms with van der Waals surface area (Å²) in [6, 6.07) is 5.79. The Bertz CT molecular complexity index is 989. The second-order valence-corrected chi connectivity index (χ2v) is 7.91. The fraction of sp³-hybridized carbons (Fsp3) is 0.400. The predicted molar refractivity (Wildman–Crippen MR) is 109 cm³/mol. The van der Waals surface area contributed by atoms with Crippen LogP contribution in [0.5, 0.6) is 0 Å². The highest BCUT2D eigenvalue weighted by Gasteiger charge is 2.44. The minimum absolute atomic E-state index is 0.0332. The van der Waals surface area contributed by atoms with Gasteiger partial charge < -0.3 is 14.9 Å². The summed E-state index contributed by atoms with van der Waals surface area (Å²) in [7, 11) is 0. The molecule has 1 N–H and O–H groups in total. The van der Waals surface area contributed by atoms with Crippen LogP contribution in [0.1, 0.15) is 30.3 Å². The van der Waals surface area contributed by atoms with E-state index in [1.165, 1.54) is 30.5 Å². The number of amides is 1. The molecule has 0 radical (unpaired) electrons. The molecule has 0 atom stereocenters. The zero-order chi connectivity index (χ0) is 23.3. The molecule has 8 nitrogen and oxygen atoms in total. The Hall–Kier alpha value is -2.99. The van der Waals surface area contributed by atoms with Gasteiger partial charge in [-0.05, 0) is 44.0 Å². The zero-order valence-corrected chi connectivity index (χ0v) is 17.8. The molecule has 0 bridgehead atoms. The number of nitrogens with zero attached hydrogens (tertiary/aromatic N) is 2. The third-order valence-corrected chi connectivity index (χ3v) is 5.57. The molecule has 1 aromatic heterocycles. The van der Waals surface area contributed by atoms with Crippen molar-refractivity contribution in [3.05, 3.63) is 35.3 Å². The lowest BCUT2D eigenvalue weighted by Crippen LogP contribution is -2.40. The van der Waals surface area contributed by atoms with Crippen LogP contribution in [0, 0.1) is 5.92 Å².